The molecule has 0 aromatic carbocycles. The Labute approximate surface area is 114 Å². The normalized spacial score (nSPS) is 39.4. The van der Waals surface area contributed by atoms with E-state index in [0.29, 0.717) is 5.92 Å². The number of likely N-dealkylation sites (tertiary alicyclic amines) is 1. The average molecular weight is 266 g/mol. The SMILES string of the molecule is [B][C@@H]1O[C@@]2(CC)CN(C(=NC(C)=O)SC)[C@@H]1[C@@H]2C. The summed E-state index contributed by atoms with van der Waals surface area (Å²) in [6.45, 7) is 6.54. The monoisotopic (exact) mass is 266 g/mol. The van der Waals surface area contributed by atoms with Gasteiger partial charge < -0.3 is 9.64 Å². The molecule has 2 rings (SSSR count). The van der Waals surface area contributed by atoms with Crippen molar-refractivity contribution in [2.45, 2.75) is 44.8 Å². The molecule has 4 atom stereocenters. The molecule has 1 amide bonds. The Bertz CT molecular complexity index is 390. The van der Waals surface area contributed by atoms with Gasteiger partial charge in [-0.3, -0.25) is 4.79 Å². The van der Waals surface area contributed by atoms with Gasteiger partial charge in [-0.05, 0) is 12.7 Å². The summed E-state index contributed by atoms with van der Waals surface area (Å²) in [5, 5.41) is 0.758. The van der Waals surface area contributed by atoms with Gasteiger partial charge in [-0.1, -0.05) is 25.6 Å². The van der Waals surface area contributed by atoms with Crippen LogP contribution in [-0.2, 0) is 9.53 Å². The van der Waals surface area contributed by atoms with E-state index in [-0.39, 0.29) is 23.6 Å². The van der Waals surface area contributed by atoms with E-state index in [0.717, 1.165) is 18.1 Å². The van der Waals surface area contributed by atoms with E-state index < -0.39 is 0 Å². The van der Waals surface area contributed by atoms with Crippen LogP contribution in [0.3, 0.4) is 0 Å². The fourth-order valence-electron chi connectivity index (χ4n) is 3.14. The van der Waals surface area contributed by atoms with Gasteiger partial charge in [-0.15, -0.1) is 0 Å². The Morgan fingerprint density at radius 3 is 2.78 bits per heavy atom. The zero-order valence-electron chi connectivity index (χ0n) is 11.3. The van der Waals surface area contributed by atoms with Crippen LogP contribution in [-0.4, -0.2) is 54.3 Å². The molecule has 4 nitrogen and oxygen atoms in total. The maximum absolute atomic E-state index is 11.2. The molecule has 6 heteroatoms. The zero-order valence-corrected chi connectivity index (χ0v) is 12.2. The molecule has 2 aliphatic rings. The first-order chi connectivity index (χ1) is 8.45. The highest BCUT2D eigenvalue weighted by molar-refractivity contribution is 8.13. The minimum atomic E-state index is -0.294. The quantitative estimate of drug-likeness (QED) is 0.407. The smallest absolute Gasteiger partial charge is 0.244 e. The van der Waals surface area contributed by atoms with Crippen LogP contribution >= 0.6 is 11.8 Å². The third-order valence-corrected chi connectivity index (χ3v) is 4.82. The highest BCUT2D eigenvalue weighted by Crippen LogP contribution is 2.47. The lowest BCUT2D eigenvalue weighted by Gasteiger charge is -2.37. The molecule has 0 spiro atoms. The van der Waals surface area contributed by atoms with Crippen LogP contribution in [0, 0.1) is 5.92 Å². The molecule has 2 fully saturated rings. The third-order valence-electron chi connectivity index (χ3n) is 4.13. The topological polar surface area (TPSA) is 41.9 Å². The van der Waals surface area contributed by atoms with Gasteiger partial charge in [0.1, 0.15) is 7.85 Å². The molecular formula is C12H19BN2O2S. The van der Waals surface area contributed by atoms with Crippen molar-refractivity contribution in [2.75, 3.05) is 12.8 Å². The maximum atomic E-state index is 11.2. The number of hydrogen-bond acceptors (Lipinski definition) is 3. The molecule has 2 aliphatic heterocycles. The van der Waals surface area contributed by atoms with E-state index in [4.69, 9.17) is 12.6 Å². The number of thioether (sulfide) groups is 1. The van der Waals surface area contributed by atoms with Gasteiger partial charge in [0.25, 0.3) is 0 Å². The predicted octanol–water partition coefficient (Wildman–Crippen LogP) is 1.25. The summed E-state index contributed by atoms with van der Waals surface area (Å²) in [5.41, 5.74) is -0.183. The van der Waals surface area contributed by atoms with Crippen molar-refractivity contribution in [3.8, 4) is 0 Å². The Balaban J connectivity index is 2.30. The molecule has 0 aliphatic carbocycles. The van der Waals surface area contributed by atoms with E-state index in [1.165, 1.54) is 18.7 Å². The first-order valence-electron chi connectivity index (χ1n) is 6.28. The van der Waals surface area contributed by atoms with Gasteiger partial charge in [-0.2, -0.15) is 4.99 Å². The molecule has 0 unspecified atom stereocenters. The Kier molecular flexibility index (Phi) is 3.79. The number of hydrogen-bond donors (Lipinski definition) is 0. The number of rotatable bonds is 1. The maximum Gasteiger partial charge on any atom is 0.244 e. The number of amidine groups is 1. The lowest BCUT2D eigenvalue weighted by molar-refractivity contribution is -0.115. The minimum absolute atomic E-state index is 0.121. The van der Waals surface area contributed by atoms with E-state index in [1.54, 1.807) is 0 Å². The number of amides is 1. The lowest BCUT2D eigenvalue weighted by Crippen LogP contribution is -2.49. The first kappa shape index (κ1) is 13.9. The highest BCUT2D eigenvalue weighted by Gasteiger charge is 2.59. The molecule has 0 aromatic rings. The van der Waals surface area contributed by atoms with Crippen molar-refractivity contribution in [2.24, 2.45) is 10.9 Å². The van der Waals surface area contributed by atoms with Crippen molar-refractivity contribution in [1.82, 2.24) is 4.90 Å². The fourth-order valence-corrected chi connectivity index (χ4v) is 3.78. The van der Waals surface area contributed by atoms with E-state index >= 15 is 0 Å². The Morgan fingerprint density at radius 2 is 2.33 bits per heavy atom. The summed E-state index contributed by atoms with van der Waals surface area (Å²) < 4.78 is 5.93. The fraction of sp³-hybridized carbons (Fsp3) is 0.833. The molecule has 2 saturated heterocycles. The number of ether oxygens (including phenoxy) is 1. The largest absolute Gasteiger partial charge is 0.377 e. The molecule has 2 radical (unpaired) electrons. The number of carbonyl (C=O) groups excluding carboxylic acids is 1. The molecule has 2 bridgehead atoms. The Hall–Kier alpha value is -0.485. The second-order valence-electron chi connectivity index (χ2n) is 5.03. The van der Waals surface area contributed by atoms with Crippen molar-refractivity contribution in [1.29, 1.82) is 0 Å². The van der Waals surface area contributed by atoms with Crippen molar-refractivity contribution < 1.29 is 9.53 Å². The Morgan fingerprint density at radius 1 is 1.67 bits per heavy atom. The van der Waals surface area contributed by atoms with Crippen molar-refractivity contribution >= 4 is 30.7 Å². The molecule has 98 valence electrons. The van der Waals surface area contributed by atoms with Crippen LogP contribution in [0.4, 0.5) is 0 Å². The molecule has 2 heterocycles. The van der Waals surface area contributed by atoms with Gasteiger partial charge in [-0.25, -0.2) is 0 Å². The standard InChI is InChI=1S/C12H19BN2O2S/c1-5-12-6-15(11(18-4)14-8(3)16)9(7(12)2)10(13)17-12/h7,9-10H,5-6H2,1-4H3/t7-,9+,10+,12-/m0/s1. The first-order valence-corrected chi connectivity index (χ1v) is 7.51. The molecule has 0 N–H and O–H groups in total. The number of morpholine rings is 1. The third kappa shape index (κ3) is 1.99. The van der Waals surface area contributed by atoms with Crippen LogP contribution in [0.2, 0.25) is 0 Å². The second kappa shape index (κ2) is 4.89. The minimum Gasteiger partial charge on any atom is -0.377 e. The number of nitrogens with zero attached hydrogens (tertiary/aromatic N) is 2. The van der Waals surface area contributed by atoms with E-state index in [2.05, 4.69) is 23.7 Å². The number of fused-ring (bicyclic) bond motifs is 2. The summed E-state index contributed by atoms with van der Waals surface area (Å²) in [4.78, 5) is 17.4. The highest BCUT2D eigenvalue weighted by atomic mass is 32.2. The lowest BCUT2D eigenvalue weighted by atomic mass is 9.84. The van der Waals surface area contributed by atoms with Crippen molar-refractivity contribution in [3.63, 3.8) is 0 Å². The molecule has 0 aromatic heterocycles. The zero-order chi connectivity index (χ0) is 13.5. The van der Waals surface area contributed by atoms with Gasteiger partial charge >= 0.3 is 0 Å². The second-order valence-corrected chi connectivity index (χ2v) is 5.80. The molecule has 18 heavy (non-hydrogen) atoms. The van der Waals surface area contributed by atoms with E-state index in [1.807, 2.05) is 6.26 Å². The van der Waals surface area contributed by atoms with Crippen LogP contribution in [0.25, 0.3) is 0 Å². The van der Waals surface area contributed by atoms with Gasteiger partial charge in [0.2, 0.25) is 5.91 Å². The number of carbonyl (C=O) groups is 1. The van der Waals surface area contributed by atoms with Crippen LogP contribution in [0.5, 0.6) is 0 Å². The average Bonchev–Trinajstić information content (AvgIpc) is 2.73. The molecule has 0 saturated carbocycles. The predicted molar refractivity (Wildman–Crippen MR) is 74.9 cm³/mol. The van der Waals surface area contributed by atoms with Gasteiger partial charge in [0.05, 0.1) is 11.6 Å². The van der Waals surface area contributed by atoms with Crippen LogP contribution in [0.15, 0.2) is 4.99 Å². The summed E-state index contributed by atoms with van der Waals surface area (Å²) in [6, 6.07) is -0.173. The summed E-state index contributed by atoms with van der Waals surface area (Å²) in [6.07, 6.45) is 2.86. The van der Waals surface area contributed by atoms with Gasteiger partial charge in [0.15, 0.2) is 5.17 Å². The van der Waals surface area contributed by atoms with Crippen LogP contribution < -0.4 is 0 Å². The molecular weight excluding hydrogens is 247 g/mol. The van der Waals surface area contributed by atoms with Gasteiger partial charge in [0, 0.05) is 25.4 Å². The summed E-state index contributed by atoms with van der Waals surface area (Å²) in [5.74, 6) is 0.191. The van der Waals surface area contributed by atoms with Crippen molar-refractivity contribution in [3.05, 3.63) is 0 Å². The van der Waals surface area contributed by atoms with E-state index in [9.17, 15) is 4.79 Å². The summed E-state index contributed by atoms with van der Waals surface area (Å²) in [7, 11) is 6.07. The van der Waals surface area contributed by atoms with Crippen LogP contribution in [0.1, 0.15) is 27.2 Å². The number of aliphatic imine (C=N–C) groups is 1. The summed E-state index contributed by atoms with van der Waals surface area (Å²) >= 11 is 1.49.